The van der Waals surface area contributed by atoms with Gasteiger partial charge in [-0.2, -0.15) is 0 Å². The first-order valence-corrected chi connectivity index (χ1v) is 7.36. The normalized spacial score (nSPS) is 10.6. The molecule has 0 aromatic heterocycles. The molecule has 6 nitrogen and oxygen atoms in total. The van der Waals surface area contributed by atoms with Crippen molar-refractivity contribution in [3.8, 4) is 11.5 Å². The van der Waals surface area contributed by atoms with E-state index in [0.717, 1.165) is 6.29 Å². The van der Waals surface area contributed by atoms with Crippen LogP contribution in [0.3, 0.4) is 0 Å². The van der Waals surface area contributed by atoms with Crippen molar-refractivity contribution < 1.29 is 23.9 Å². The molecule has 0 amide bonds. The molecule has 0 saturated carbocycles. The number of allylic oxidation sites excluding steroid dienone is 2. The van der Waals surface area contributed by atoms with Crippen LogP contribution in [-0.4, -0.2) is 43.7 Å². The van der Waals surface area contributed by atoms with Crippen molar-refractivity contribution in [1.29, 1.82) is 0 Å². The summed E-state index contributed by atoms with van der Waals surface area (Å²) in [5, 5.41) is 0. The van der Waals surface area contributed by atoms with Gasteiger partial charge in [-0.15, -0.1) is 0 Å². The second kappa shape index (κ2) is 9.33. The number of carbonyl (C=O) groups excluding carboxylic acids is 3. The predicted molar refractivity (Wildman–Crippen MR) is 90.5 cm³/mol. The summed E-state index contributed by atoms with van der Waals surface area (Å²) in [7, 11) is 3.04. The van der Waals surface area contributed by atoms with Gasteiger partial charge in [0.05, 0.1) is 19.9 Å². The largest absolute Gasteiger partial charge is 0.497 e. The summed E-state index contributed by atoms with van der Waals surface area (Å²) in [6, 6.07) is 5.14. The smallest absolute Gasteiger partial charge is 0.154 e. The molecule has 1 rings (SSSR count). The number of hydrogen-bond donors (Lipinski definition) is 0. The van der Waals surface area contributed by atoms with Crippen LogP contribution in [0.15, 0.2) is 30.0 Å². The molecule has 0 bridgehead atoms. The Kier molecular flexibility index (Phi) is 7.46. The fourth-order valence-corrected chi connectivity index (χ4v) is 2.21. The minimum atomic E-state index is -0.197. The number of benzene rings is 1. The van der Waals surface area contributed by atoms with Gasteiger partial charge in [0.1, 0.15) is 29.4 Å². The molecule has 0 saturated heterocycles. The number of ketones is 1. The first-order valence-electron chi connectivity index (χ1n) is 7.36. The van der Waals surface area contributed by atoms with Crippen LogP contribution in [0.4, 0.5) is 0 Å². The van der Waals surface area contributed by atoms with E-state index in [-0.39, 0.29) is 24.4 Å². The minimum Gasteiger partial charge on any atom is -0.497 e. The van der Waals surface area contributed by atoms with Crippen molar-refractivity contribution in [2.45, 2.75) is 20.3 Å². The molecule has 0 spiro atoms. The molecule has 0 aliphatic rings. The lowest BCUT2D eigenvalue weighted by molar-refractivity contribution is -0.112. The van der Waals surface area contributed by atoms with Gasteiger partial charge in [-0.3, -0.25) is 4.79 Å². The Balaban J connectivity index is 3.53. The first-order chi connectivity index (χ1) is 11.5. The fraction of sp³-hybridized carbons (Fsp3) is 0.333. The minimum absolute atomic E-state index is 0.197. The van der Waals surface area contributed by atoms with Gasteiger partial charge in [0, 0.05) is 30.7 Å². The summed E-state index contributed by atoms with van der Waals surface area (Å²) >= 11 is 0. The topological polar surface area (TPSA) is 72.9 Å². The van der Waals surface area contributed by atoms with E-state index < -0.39 is 0 Å². The SMILES string of the molecule is COc1ccc(/C(=C/C(C)=O)N(CCC=O)C(C)=C=O)c(OC)c1. The Bertz CT molecular complexity index is 687. The molecule has 0 aliphatic heterocycles. The monoisotopic (exact) mass is 331 g/mol. The number of nitrogens with zero attached hydrogens (tertiary/aromatic N) is 1. The Morgan fingerprint density at radius 2 is 1.96 bits per heavy atom. The molecule has 6 heteroatoms. The highest BCUT2D eigenvalue weighted by atomic mass is 16.5. The number of ether oxygens (including phenoxy) is 2. The number of hydrogen-bond acceptors (Lipinski definition) is 6. The summed E-state index contributed by atoms with van der Waals surface area (Å²) in [6.07, 6.45) is 2.35. The third-order valence-corrected chi connectivity index (χ3v) is 3.34. The molecule has 0 heterocycles. The summed E-state index contributed by atoms with van der Waals surface area (Å²) in [5.74, 6) is 2.70. The fourth-order valence-electron chi connectivity index (χ4n) is 2.21. The molecule has 128 valence electrons. The highest BCUT2D eigenvalue weighted by Crippen LogP contribution is 2.33. The van der Waals surface area contributed by atoms with E-state index in [1.807, 2.05) is 5.94 Å². The van der Waals surface area contributed by atoms with Crippen LogP contribution in [-0.2, 0) is 14.4 Å². The van der Waals surface area contributed by atoms with Gasteiger partial charge in [-0.05, 0) is 26.0 Å². The van der Waals surface area contributed by atoms with Gasteiger partial charge < -0.3 is 19.2 Å². The molecular formula is C18H21NO5. The quantitative estimate of drug-likeness (QED) is 0.393. The molecule has 0 unspecified atom stereocenters. The molecule has 0 aliphatic carbocycles. The number of aldehydes is 1. The van der Waals surface area contributed by atoms with E-state index in [9.17, 15) is 14.4 Å². The van der Waals surface area contributed by atoms with E-state index in [4.69, 9.17) is 9.47 Å². The molecule has 0 atom stereocenters. The highest BCUT2D eigenvalue weighted by molar-refractivity contribution is 5.96. The summed E-state index contributed by atoms with van der Waals surface area (Å²) in [5.41, 5.74) is 1.33. The van der Waals surface area contributed by atoms with Crippen molar-refractivity contribution in [2.75, 3.05) is 20.8 Å². The lowest BCUT2D eigenvalue weighted by Gasteiger charge is -2.27. The lowest BCUT2D eigenvalue weighted by atomic mass is 10.1. The van der Waals surface area contributed by atoms with E-state index in [2.05, 4.69) is 0 Å². The van der Waals surface area contributed by atoms with Crippen LogP contribution in [0.25, 0.3) is 5.70 Å². The number of methoxy groups -OCH3 is 2. The Morgan fingerprint density at radius 1 is 1.25 bits per heavy atom. The molecule has 0 radical (unpaired) electrons. The standard InChI is InChI=1S/C18H21NO5/c1-13(12-21)19(8-5-9-20)17(10-14(2)22)16-7-6-15(23-3)11-18(16)24-4/h6-7,9-11H,5,8H2,1-4H3/b17-10-. The Morgan fingerprint density at radius 3 is 2.46 bits per heavy atom. The van der Waals surface area contributed by atoms with Gasteiger partial charge in [0.15, 0.2) is 5.78 Å². The van der Waals surface area contributed by atoms with Crippen LogP contribution >= 0.6 is 0 Å². The summed E-state index contributed by atoms with van der Waals surface area (Å²) < 4.78 is 10.6. The molecule has 1 aromatic carbocycles. The van der Waals surface area contributed by atoms with Gasteiger partial charge in [-0.1, -0.05) is 0 Å². The van der Waals surface area contributed by atoms with Crippen LogP contribution in [0.2, 0.25) is 0 Å². The van der Waals surface area contributed by atoms with E-state index in [1.165, 1.54) is 27.2 Å². The van der Waals surface area contributed by atoms with Crippen LogP contribution in [0.5, 0.6) is 11.5 Å². The third kappa shape index (κ3) is 4.83. The zero-order valence-corrected chi connectivity index (χ0v) is 14.3. The summed E-state index contributed by atoms with van der Waals surface area (Å²) in [6.45, 7) is 3.23. The number of carbonyl (C=O) groups is 2. The van der Waals surface area contributed by atoms with E-state index in [1.54, 1.807) is 30.0 Å². The first kappa shape index (κ1) is 19.2. The maximum atomic E-state index is 11.7. The summed E-state index contributed by atoms with van der Waals surface area (Å²) in [4.78, 5) is 35.1. The van der Waals surface area contributed by atoms with Gasteiger partial charge in [-0.25, -0.2) is 4.79 Å². The zero-order valence-electron chi connectivity index (χ0n) is 14.3. The van der Waals surface area contributed by atoms with Crippen molar-refractivity contribution in [2.24, 2.45) is 0 Å². The van der Waals surface area contributed by atoms with Crippen LogP contribution < -0.4 is 9.47 Å². The van der Waals surface area contributed by atoms with Crippen molar-refractivity contribution in [3.63, 3.8) is 0 Å². The lowest BCUT2D eigenvalue weighted by Crippen LogP contribution is -2.23. The van der Waals surface area contributed by atoms with Crippen molar-refractivity contribution in [3.05, 3.63) is 35.5 Å². The molecule has 24 heavy (non-hydrogen) atoms. The second-order valence-electron chi connectivity index (χ2n) is 5.00. The zero-order chi connectivity index (χ0) is 18.1. The van der Waals surface area contributed by atoms with Crippen molar-refractivity contribution >= 4 is 23.7 Å². The van der Waals surface area contributed by atoms with Crippen molar-refractivity contribution in [1.82, 2.24) is 4.90 Å². The third-order valence-electron chi connectivity index (χ3n) is 3.34. The maximum absolute atomic E-state index is 11.7. The Hall–Kier alpha value is -2.85. The van der Waals surface area contributed by atoms with E-state index >= 15 is 0 Å². The van der Waals surface area contributed by atoms with Gasteiger partial charge >= 0.3 is 0 Å². The molecule has 0 N–H and O–H groups in total. The predicted octanol–water partition coefficient (Wildman–Crippen LogP) is 2.26. The maximum Gasteiger partial charge on any atom is 0.154 e. The Labute approximate surface area is 141 Å². The highest BCUT2D eigenvalue weighted by Gasteiger charge is 2.19. The van der Waals surface area contributed by atoms with E-state index in [0.29, 0.717) is 22.8 Å². The second-order valence-corrected chi connectivity index (χ2v) is 5.00. The van der Waals surface area contributed by atoms with Gasteiger partial charge in [0.2, 0.25) is 0 Å². The number of rotatable bonds is 9. The molecule has 1 aromatic rings. The average Bonchev–Trinajstić information content (AvgIpc) is 2.59. The molecular weight excluding hydrogens is 310 g/mol. The average molecular weight is 331 g/mol. The van der Waals surface area contributed by atoms with Crippen LogP contribution in [0.1, 0.15) is 25.8 Å². The van der Waals surface area contributed by atoms with Gasteiger partial charge in [0.25, 0.3) is 0 Å². The molecule has 0 fully saturated rings. The van der Waals surface area contributed by atoms with Crippen LogP contribution in [0, 0.1) is 0 Å².